The van der Waals surface area contributed by atoms with E-state index < -0.39 is 5.60 Å². The second kappa shape index (κ2) is 7.70. The van der Waals surface area contributed by atoms with Gasteiger partial charge in [0.2, 0.25) is 0 Å². The minimum Gasteiger partial charge on any atom is -0.493 e. The highest BCUT2D eigenvalue weighted by molar-refractivity contribution is 5.92. The van der Waals surface area contributed by atoms with Crippen LogP contribution >= 0.6 is 0 Å². The van der Waals surface area contributed by atoms with E-state index in [-0.39, 0.29) is 12.5 Å². The van der Waals surface area contributed by atoms with Crippen LogP contribution in [0.1, 0.15) is 12.5 Å². The molecule has 0 spiro atoms. The number of guanidine groups is 1. The van der Waals surface area contributed by atoms with Crippen molar-refractivity contribution in [2.24, 2.45) is 10.7 Å². The zero-order chi connectivity index (χ0) is 17.6. The Morgan fingerprint density at radius 2 is 1.79 bits per heavy atom. The summed E-state index contributed by atoms with van der Waals surface area (Å²) in [6, 6.07) is 14.7. The maximum Gasteiger partial charge on any atom is 0.193 e. The Bertz CT molecular complexity index is 700. The smallest absolute Gasteiger partial charge is 0.193 e. The summed E-state index contributed by atoms with van der Waals surface area (Å²) in [4.78, 5) is 4.23. The molecule has 2 aromatic rings. The lowest BCUT2D eigenvalue weighted by Gasteiger charge is -2.21. The molecule has 1 unspecified atom stereocenters. The monoisotopic (exact) mass is 329 g/mol. The van der Waals surface area contributed by atoms with Gasteiger partial charge in [0, 0.05) is 11.8 Å². The summed E-state index contributed by atoms with van der Waals surface area (Å²) in [5.74, 6) is 1.43. The highest BCUT2D eigenvalue weighted by Gasteiger charge is 2.22. The zero-order valence-corrected chi connectivity index (χ0v) is 14.1. The number of nitrogens with zero attached hydrogens (tertiary/aromatic N) is 1. The standard InChI is InChI=1S/C18H23N3O3/c1-18(22,13-7-5-4-6-8-13)12-20-17(19)21-14-9-10-15(23-2)16(11-14)24-3/h4-11,22H,12H2,1-3H3,(H3,19,20,21). The van der Waals surface area contributed by atoms with E-state index in [0.29, 0.717) is 17.2 Å². The average Bonchev–Trinajstić information content (AvgIpc) is 2.60. The molecule has 128 valence electrons. The molecular weight excluding hydrogens is 306 g/mol. The molecule has 0 aliphatic carbocycles. The molecule has 0 saturated heterocycles. The lowest BCUT2D eigenvalue weighted by Crippen LogP contribution is -2.29. The number of nitrogens with one attached hydrogen (secondary N) is 1. The fourth-order valence-electron chi connectivity index (χ4n) is 2.23. The number of methoxy groups -OCH3 is 2. The topological polar surface area (TPSA) is 89.1 Å². The van der Waals surface area contributed by atoms with E-state index in [1.54, 1.807) is 39.3 Å². The van der Waals surface area contributed by atoms with E-state index in [2.05, 4.69) is 10.3 Å². The number of rotatable bonds is 6. The fourth-order valence-corrected chi connectivity index (χ4v) is 2.23. The Morgan fingerprint density at radius 3 is 2.42 bits per heavy atom. The van der Waals surface area contributed by atoms with Gasteiger partial charge in [-0.1, -0.05) is 30.3 Å². The molecule has 2 aromatic carbocycles. The van der Waals surface area contributed by atoms with Gasteiger partial charge in [0.05, 0.1) is 20.8 Å². The Kier molecular flexibility index (Phi) is 5.65. The van der Waals surface area contributed by atoms with E-state index in [4.69, 9.17) is 15.2 Å². The highest BCUT2D eigenvalue weighted by Crippen LogP contribution is 2.29. The summed E-state index contributed by atoms with van der Waals surface area (Å²) in [5.41, 5.74) is 6.32. The van der Waals surface area contributed by atoms with Crippen LogP contribution in [0.3, 0.4) is 0 Å². The maximum absolute atomic E-state index is 10.5. The highest BCUT2D eigenvalue weighted by atomic mass is 16.5. The van der Waals surface area contributed by atoms with Crippen LogP contribution in [0.4, 0.5) is 5.69 Å². The quantitative estimate of drug-likeness (QED) is 0.559. The van der Waals surface area contributed by atoms with Crippen LogP contribution in [0, 0.1) is 0 Å². The third-order valence-corrected chi connectivity index (χ3v) is 3.61. The van der Waals surface area contributed by atoms with E-state index in [1.807, 2.05) is 30.3 Å². The molecule has 0 radical (unpaired) electrons. The Labute approximate surface area is 141 Å². The molecule has 24 heavy (non-hydrogen) atoms. The number of anilines is 1. The van der Waals surface area contributed by atoms with Gasteiger partial charge in [-0.25, -0.2) is 4.99 Å². The van der Waals surface area contributed by atoms with Gasteiger partial charge >= 0.3 is 0 Å². The number of nitrogens with two attached hydrogens (primary N) is 1. The number of benzene rings is 2. The van der Waals surface area contributed by atoms with Crippen LogP contribution < -0.4 is 20.5 Å². The summed E-state index contributed by atoms with van der Waals surface area (Å²) in [7, 11) is 3.14. The lowest BCUT2D eigenvalue weighted by molar-refractivity contribution is 0.0674. The van der Waals surface area contributed by atoms with Crippen LogP contribution in [0.5, 0.6) is 11.5 Å². The van der Waals surface area contributed by atoms with E-state index >= 15 is 0 Å². The maximum atomic E-state index is 10.5. The SMILES string of the molecule is COc1ccc(NC(N)=NCC(C)(O)c2ccccc2)cc1OC. The van der Waals surface area contributed by atoms with Gasteiger partial charge < -0.3 is 25.6 Å². The number of ether oxygens (including phenoxy) is 2. The molecule has 0 heterocycles. The first-order chi connectivity index (χ1) is 11.5. The number of hydrogen-bond acceptors (Lipinski definition) is 4. The summed E-state index contributed by atoms with van der Waals surface area (Å²) < 4.78 is 10.4. The molecule has 1 atom stereocenters. The first-order valence-electron chi connectivity index (χ1n) is 7.53. The molecule has 0 aromatic heterocycles. The third-order valence-electron chi connectivity index (χ3n) is 3.61. The second-order valence-corrected chi connectivity index (χ2v) is 5.54. The molecule has 6 nitrogen and oxygen atoms in total. The summed E-state index contributed by atoms with van der Waals surface area (Å²) in [6.45, 7) is 1.85. The van der Waals surface area contributed by atoms with E-state index in [1.165, 1.54) is 0 Å². The Hall–Kier alpha value is -2.73. The van der Waals surface area contributed by atoms with E-state index in [0.717, 1.165) is 5.56 Å². The average molecular weight is 329 g/mol. The van der Waals surface area contributed by atoms with Crippen LogP contribution in [-0.2, 0) is 5.60 Å². The van der Waals surface area contributed by atoms with Crippen molar-refractivity contribution in [3.8, 4) is 11.5 Å². The summed E-state index contributed by atoms with van der Waals surface area (Å²) in [6.07, 6.45) is 0. The molecule has 6 heteroatoms. The second-order valence-electron chi connectivity index (χ2n) is 5.54. The Morgan fingerprint density at radius 1 is 1.12 bits per heavy atom. The van der Waals surface area contributed by atoms with Crippen LogP contribution in [0.15, 0.2) is 53.5 Å². The van der Waals surface area contributed by atoms with Crippen molar-refractivity contribution in [1.82, 2.24) is 0 Å². The van der Waals surface area contributed by atoms with Gasteiger partial charge in [-0.3, -0.25) is 0 Å². The zero-order valence-electron chi connectivity index (χ0n) is 14.1. The molecule has 4 N–H and O–H groups in total. The molecule has 0 fully saturated rings. The molecule has 0 aliphatic heterocycles. The van der Waals surface area contributed by atoms with Gasteiger partial charge in [-0.05, 0) is 24.6 Å². The van der Waals surface area contributed by atoms with Gasteiger partial charge in [-0.15, -0.1) is 0 Å². The van der Waals surface area contributed by atoms with E-state index in [9.17, 15) is 5.11 Å². The van der Waals surface area contributed by atoms with Crippen molar-refractivity contribution in [2.45, 2.75) is 12.5 Å². The van der Waals surface area contributed by atoms with Crippen LogP contribution in [-0.4, -0.2) is 31.8 Å². The van der Waals surface area contributed by atoms with Crippen molar-refractivity contribution in [2.75, 3.05) is 26.1 Å². The van der Waals surface area contributed by atoms with Gasteiger partial charge in [0.1, 0.15) is 5.60 Å². The van der Waals surface area contributed by atoms with Gasteiger partial charge in [-0.2, -0.15) is 0 Å². The number of aliphatic imine (C=N–C) groups is 1. The molecule has 0 amide bonds. The summed E-state index contributed by atoms with van der Waals surface area (Å²) in [5, 5.41) is 13.5. The van der Waals surface area contributed by atoms with Crippen LogP contribution in [0.25, 0.3) is 0 Å². The van der Waals surface area contributed by atoms with Gasteiger partial charge in [0.15, 0.2) is 17.5 Å². The van der Waals surface area contributed by atoms with Gasteiger partial charge in [0.25, 0.3) is 0 Å². The molecule has 2 rings (SSSR count). The van der Waals surface area contributed by atoms with Crippen molar-refractivity contribution in [3.05, 3.63) is 54.1 Å². The van der Waals surface area contributed by atoms with Crippen molar-refractivity contribution >= 4 is 11.6 Å². The molecule has 0 aliphatic rings. The summed E-state index contributed by atoms with van der Waals surface area (Å²) >= 11 is 0. The first-order valence-corrected chi connectivity index (χ1v) is 7.53. The minimum atomic E-state index is -1.09. The molecule has 0 saturated carbocycles. The number of hydrogen-bond donors (Lipinski definition) is 3. The van der Waals surface area contributed by atoms with Crippen molar-refractivity contribution in [3.63, 3.8) is 0 Å². The van der Waals surface area contributed by atoms with Crippen molar-refractivity contribution < 1.29 is 14.6 Å². The predicted molar refractivity (Wildman–Crippen MR) is 95.7 cm³/mol. The Balaban J connectivity index is 2.06. The predicted octanol–water partition coefficient (Wildman–Crippen LogP) is 2.34. The number of aliphatic hydroxyl groups is 1. The molecule has 0 bridgehead atoms. The normalized spacial score (nSPS) is 13.9. The minimum absolute atomic E-state index is 0.142. The molecular formula is C18H23N3O3. The lowest BCUT2D eigenvalue weighted by atomic mass is 9.96. The fraction of sp³-hybridized carbons (Fsp3) is 0.278. The van der Waals surface area contributed by atoms with Crippen molar-refractivity contribution in [1.29, 1.82) is 0 Å². The van der Waals surface area contributed by atoms with Crippen LogP contribution in [0.2, 0.25) is 0 Å². The third kappa shape index (κ3) is 4.39. The first kappa shape index (κ1) is 17.6. The largest absolute Gasteiger partial charge is 0.493 e.